The van der Waals surface area contributed by atoms with Crippen LogP contribution in [0.4, 0.5) is 5.69 Å². The Kier molecular flexibility index (Phi) is 2.76. The van der Waals surface area contributed by atoms with Crippen LogP contribution < -0.4 is 5.32 Å². The molecule has 0 fully saturated rings. The van der Waals surface area contributed by atoms with E-state index in [4.69, 9.17) is 16.9 Å². The number of nitrogens with one attached hydrogen (secondary N) is 1. The van der Waals surface area contributed by atoms with Crippen molar-refractivity contribution < 1.29 is 0 Å². The zero-order chi connectivity index (χ0) is 8.10. The summed E-state index contributed by atoms with van der Waals surface area (Å²) in [6.07, 6.45) is 0. The molecule has 0 bridgehead atoms. The first kappa shape index (κ1) is 7.90. The summed E-state index contributed by atoms with van der Waals surface area (Å²) in [7, 11) is 0. The summed E-state index contributed by atoms with van der Waals surface area (Å²) >= 11 is 5.65. The van der Waals surface area contributed by atoms with Gasteiger partial charge in [-0.15, -0.1) is 0 Å². The fourth-order valence-corrected chi connectivity index (χ4v) is 0.835. The molecule has 0 heterocycles. The van der Waals surface area contributed by atoms with Gasteiger partial charge < -0.3 is 5.32 Å². The highest BCUT2D eigenvalue weighted by Crippen LogP contribution is 2.12. The molecule has 2 nitrogen and oxygen atoms in total. The molecule has 11 heavy (non-hydrogen) atoms. The second-order valence-electron chi connectivity index (χ2n) is 2.02. The number of hydrogen-bond donors (Lipinski definition) is 1. The van der Waals surface area contributed by atoms with E-state index in [1.807, 2.05) is 18.2 Å². The molecule has 0 aromatic heterocycles. The van der Waals surface area contributed by atoms with Gasteiger partial charge in [-0.2, -0.15) is 5.26 Å². The lowest BCUT2D eigenvalue weighted by atomic mass is 10.3. The lowest BCUT2D eigenvalue weighted by Crippen LogP contribution is -1.96. The van der Waals surface area contributed by atoms with Crippen molar-refractivity contribution in [3.63, 3.8) is 0 Å². The van der Waals surface area contributed by atoms with Crippen molar-refractivity contribution in [3.05, 3.63) is 29.3 Å². The molecule has 0 amide bonds. The van der Waals surface area contributed by atoms with Gasteiger partial charge in [0.05, 0.1) is 6.07 Å². The molecule has 0 aliphatic rings. The van der Waals surface area contributed by atoms with Gasteiger partial charge in [0.25, 0.3) is 0 Å². The zero-order valence-electron chi connectivity index (χ0n) is 5.84. The Morgan fingerprint density at radius 2 is 2.00 bits per heavy atom. The minimum absolute atomic E-state index is 0.321. The maximum absolute atomic E-state index is 8.24. The van der Waals surface area contributed by atoms with Crippen LogP contribution >= 0.6 is 11.6 Å². The van der Waals surface area contributed by atoms with Gasteiger partial charge in [-0.1, -0.05) is 11.6 Å². The van der Waals surface area contributed by atoms with E-state index in [2.05, 4.69) is 5.32 Å². The van der Waals surface area contributed by atoms with Crippen molar-refractivity contribution in [2.75, 3.05) is 11.9 Å². The molecule has 1 aromatic carbocycles. The van der Waals surface area contributed by atoms with Gasteiger partial charge in [-0.25, -0.2) is 0 Å². The van der Waals surface area contributed by atoms with Crippen LogP contribution in [0.1, 0.15) is 0 Å². The van der Waals surface area contributed by atoms with Crippen molar-refractivity contribution in [2.24, 2.45) is 0 Å². The molecule has 0 aliphatic carbocycles. The highest BCUT2D eigenvalue weighted by Gasteiger charge is 1.88. The van der Waals surface area contributed by atoms with Gasteiger partial charge in [-0.3, -0.25) is 0 Å². The summed E-state index contributed by atoms with van der Waals surface area (Å²) in [5, 5.41) is 11.8. The van der Waals surface area contributed by atoms with Crippen LogP contribution in [-0.4, -0.2) is 6.54 Å². The van der Waals surface area contributed by atoms with Crippen molar-refractivity contribution in [3.8, 4) is 6.07 Å². The molecule has 0 atom stereocenters. The lowest BCUT2D eigenvalue weighted by molar-refractivity contribution is 1.32. The number of benzene rings is 1. The van der Waals surface area contributed by atoms with Gasteiger partial charge >= 0.3 is 0 Å². The maximum Gasteiger partial charge on any atom is 0.103 e. The van der Waals surface area contributed by atoms with Crippen molar-refractivity contribution in [2.45, 2.75) is 0 Å². The van der Waals surface area contributed by atoms with E-state index < -0.39 is 0 Å². The third-order valence-corrected chi connectivity index (χ3v) is 1.47. The van der Waals surface area contributed by atoms with Crippen molar-refractivity contribution in [1.29, 1.82) is 5.26 Å². The molecule has 0 radical (unpaired) electrons. The molecule has 0 unspecified atom stereocenters. The fraction of sp³-hybridized carbons (Fsp3) is 0.125. The Hall–Kier alpha value is -1.20. The van der Waals surface area contributed by atoms with Crippen LogP contribution in [-0.2, 0) is 0 Å². The smallest absolute Gasteiger partial charge is 0.103 e. The van der Waals surface area contributed by atoms with Crippen molar-refractivity contribution >= 4 is 17.3 Å². The highest BCUT2D eigenvalue weighted by atomic mass is 35.5. The van der Waals surface area contributed by atoms with Crippen molar-refractivity contribution in [1.82, 2.24) is 0 Å². The minimum Gasteiger partial charge on any atom is -0.372 e. The molecule has 0 saturated carbocycles. The van der Waals surface area contributed by atoms with Crippen LogP contribution in [0.25, 0.3) is 0 Å². The Balaban J connectivity index is 2.60. The van der Waals surface area contributed by atoms with Crippen LogP contribution in [0.5, 0.6) is 0 Å². The molecule has 56 valence electrons. The summed E-state index contributed by atoms with van der Waals surface area (Å²) in [6.45, 7) is 0.321. The summed E-state index contributed by atoms with van der Waals surface area (Å²) in [6, 6.07) is 9.21. The summed E-state index contributed by atoms with van der Waals surface area (Å²) in [4.78, 5) is 0. The Morgan fingerprint density at radius 3 is 2.55 bits per heavy atom. The predicted molar refractivity (Wildman–Crippen MR) is 45.6 cm³/mol. The monoisotopic (exact) mass is 166 g/mol. The molecular weight excluding hydrogens is 160 g/mol. The summed E-state index contributed by atoms with van der Waals surface area (Å²) < 4.78 is 0. The van der Waals surface area contributed by atoms with E-state index in [1.54, 1.807) is 12.1 Å². The first-order valence-electron chi connectivity index (χ1n) is 3.19. The number of rotatable bonds is 2. The van der Waals surface area contributed by atoms with E-state index >= 15 is 0 Å². The number of halogens is 1. The first-order valence-corrected chi connectivity index (χ1v) is 3.57. The van der Waals surface area contributed by atoms with Gasteiger partial charge in [0.1, 0.15) is 6.54 Å². The SMILES string of the molecule is N#CCNc1ccc(Cl)cc1. The van der Waals surface area contributed by atoms with Gasteiger partial charge in [0.2, 0.25) is 0 Å². The Morgan fingerprint density at radius 1 is 1.36 bits per heavy atom. The molecule has 1 aromatic rings. The third-order valence-electron chi connectivity index (χ3n) is 1.22. The van der Waals surface area contributed by atoms with E-state index in [0.717, 1.165) is 5.69 Å². The van der Waals surface area contributed by atoms with Crippen LogP contribution in [0.15, 0.2) is 24.3 Å². The quantitative estimate of drug-likeness (QED) is 0.685. The molecule has 0 saturated heterocycles. The Labute approximate surface area is 70.4 Å². The van der Waals surface area contributed by atoms with Crippen LogP contribution in [0, 0.1) is 11.3 Å². The maximum atomic E-state index is 8.24. The largest absolute Gasteiger partial charge is 0.372 e. The number of nitrogens with zero attached hydrogens (tertiary/aromatic N) is 1. The van der Waals surface area contributed by atoms with Gasteiger partial charge in [0, 0.05) is 10.7 Å². The van der Waals surface area contributed by atoms with Gasteiger partial charge in [0.15, 0.2) is 0 Å². The third kappa shape index (κ3) is 2.48. The average Bonchev–Trinajstić information content (AvgIpc) is 2.04. The van der Waals surface area contributed by atoms with E-state index in [-0.39, 0.29) is 0 Å². The second kappa shape index (κ2) is 3.85. The van der Waals surface area contributed by atoms with Gasteiger partial charge in [-0.05, 0) is 24.3 Å². The number of nitriles is 1. The topological polar surface area (TPSA) is 35.8 Å². The van der Waals surface area contributed by atoms with Crippen LogP contribution in [0.2, 0.25) is 5.02 Å². The van der Waals surface area contributed by atoms with Crippen LogP contribution in [0.3, 0.4) is 0 Å². The lowest BCUT2D eigenvalue weighted by Gasteiger charge is -1.99. The first-order chi connectivity index (χ1) is 5.33. The molecule has 1 rings (SSSR count). The summed E-state index contributed by atoms with van der Waals surface area (Å²) in [5.74, 6) is 0. The molecular formula is C8H7ClN2. The predicted octanol–water partition coefficient (Wildman–Crippen LogP) is 2.28. The zero-order valence-corrected chi connectivity index (χ0v) is 6.60. The van der Waals surface area contributed by atoms with E-state index in [0.29, 0.717) is 11.6 Å². The molecule has 0 aliphatic heterocycles. The Bertz CT molecular complexity index is 260. The summed E-state index contributed by atoms with van der Waals surface area (Å²) in [5.41, 5.74) is 0.913. The van der Waals surface area contributed by atoms with E-state index in [9.17, 15) is 0 Å². The molecule has 0 spiro atoms. The number of hydrogen-bond acceptors (Lipinski definition) is 2. The fourth-order valence-electron chi connectivity index (χ4n) is 0.709. The minimum atomic E-state index is 0.321. The molecule has 3 heteroatoms. The average molecular weight is 167 g/mol. The second-order valence-corrected chi connectivity index (χ2v) is 2.45. The standard InChI is InChI=1S/C8H7ClN2/c9-7-1-3-8(4-2-7)11-6-5-10/h1-4,11H,6H2. The molecule has 1 N–H and O–H groups in total. The number of anilines is 1. The highest BCUT2D eigenvalue weighted by molar-refractivity contribution is 6.30. The normalized spacial score (nSPS) is 8.73. The van der Waals surface area contributed by atoms with E-state index in [1.165, 1.54) is 0 Å².